The number of nitrogens with zero attached hydrogens (tertiary/aromatic N) is 1. The second kappa shape index (κ2) is 5.26. The van der Waals surface area contributed by atoms with Crippen LogP contribution in [-0.2, 0) is 17.1 Å². The van der Waals surface area contributed by atoms with Gasteiger partial charge in [-0.1, -0.05) is 13.8 Å². The summed E-state index contributed by atoms with van der Waals surface area (Å²) in [7, 11) is -1.59. The van der Waals surface area contributed by atoms with Crippen molar-refractivity contribution in [3.8, 4) is 0 Å². The van der Waals surface area contributed by atoms with Crippen LogP contribution in [0.25, 0.3) is 0 Å². The first-order valence-corrected chi connectivity index (χ1v) is 8.15. The van der Waals surface area contributed by atoms with Gasteiger partial charge in [0.1, 0.15) is 0 Å². The van der Waals surface area contributed by atoms with E-state index in [1.165, 1.54) is 0 Å². The van der Waals surface area contributed by atoms with Gasteiger partial charge in [-0.05, 0) is 30.9 Å². The lowest BCUT2D eigenvalue weighted by Gasteiger charge is -2.39. The molecule has 0 aromatic carbocycles. The number of piperidine rings is 1. The Morgan fingerprint density at radius 1 is 1.53 bits per heavy atom. The second-order valence-electron chi connectivity index (χ2n) is 5.96. The summed E-state index contributed by atoms with van der Waals surface area (Å²) in [5, 5.41) is 3.41. The number of hydrogen-bond acceptors (Lipinski definition) is 3. The van der Waals surface area contributed by atoms with Gasteiger partial charge in [0.15, 0.2) is 0 Å². The summed E-state index contributed by atoms with van der Waals surface area (Å²) in [5.41, 5.74) is 0.122. The first-order chi connectivity index (χ1) is 8.81. The van der Waals surface area contributed by atoms with E-state index in [-0.39, 0.29) is 11.5 Å². The summed E-state index contributed by atoms with van der Waals surface area (Å²) in [6.07, 6.45) is 5.62. The second-order valence-corrected chi connectivity index (χ2v) is 7.73. The maximum Gasteiger partial charge on any atom is 0.242 e. The molecule has 0 spiro atoms. The van der Waals surface area contributed by atoms with E-state index < -0.39 is 10.0 Å². The van der Waals surface area contributed by atoms with Gasteiger partial charge < -0.3 is 9.88 Å². The molecule has 2 N–H and O–H groups in total. The molecule has 1 atom stereocenters. The molecule has 6 heteroatoms. The first kappa shape index (κ1) is 14.6. The Hall–Kier alpha value is -0.850. The van der Waals surface area contributed by atoms with Crippen LogP contribution in [0, 0.1) is 5.41 Å². The highest BCUT2D eigenvalue weighted by molar-refractivity contribution is 7.89. The van der Waals surface area contributed by atoms with Gasteiger partial charge >= 0.3 is 0 Å². The van der Waals surface area contributed by atoms with Crippen molar-refractivity contribution in [1.29, 1.82) is 0 Å². The molecular weight excluding hydrogens is 262 g/mol. The normalized spacial score (nSPS) is 23.4. The molecule has 108 valence electrons. The van der Waals surface area contributed by atoms with Gasteiger partial charge in [0.05, 0.1) is 4.90 Å². The fraction of sp³-hybridized carbons (Fsp3) is 0.692. The zero-order valence-electron chi connectivity index (χ0n) is 11.8. The monoisotopic (exact) mass is 285 g/mol. The van der Waals surface area contributed by atoms with Crippen LogP contribution in [0.4, 0.5) is 0 Å². The zero-order valence-corrected chi connectivity index (χ0v) is 12.6. The highest BCUT2D eigenvalue weighted by Gasteiger charge is 2.32. The molecular formula is C13H23N3O2S. The Morgan fingerprint density at radius 2 is 2.26 bits per heavy atom. The van der Waals surface area contributed by atoms with Crippen LogP contribution in [0.5, 0.6) is 0 Å². The first-order valence-electron chi connectivity index (χ1n) is 6.66. The molecule has 0 amide bonds. The minimum atomic E-state index is -3.40. The van der Waals surface area contributed by atoms with E-state index in [2.05, 4.69) is 23.9 Å². The Balaban J connectivity index is 2.02. The van der Waals surface area contributed by atoms with Crippen LogP contribution in [0.3, 0.4) is 0 Å². The molecule has 1 aromatic heterocycles. The molecule has 5 nitrogen and oxygen atoms in total. The van der Waals surface area contributed by atoms with Crippen molar-refractivity contribution in [3.63, 3.8) is 0 Å². The molecule has 1 fully saturated rings. The van der Waals surface area contributed by atoms with Gasteiger partial charge in [-0.25, -0.2) is 13.1 Å². The van der Waals surface area contributed by atoms with E-state index >= 15 is 0 Å². The molecule has 2 heterocycles. The summed E-state index contributed by atoms with van der Waals surface area (Å²) in [5.74, 6) is 0. The average Bonchev–Trinajstić information content (AvgIpc) is 2.75. The Kier molecular flexibility index (Phi) is 4.03. The predicted molar refractivity (Wildman–Crippen MR) is 75.4 cm³/mol. The smallest absolute Gasteiger partial charge is 0.242 e. The van der Waals surface area contributed by atoms with E-state index in [0.717, 1.165) is 19.4 Å². The summed E-state index contributed by atoms with van der Waals surface area (Å²) >= 11 is 0. The number of rotatable bonds is 4. The lowest BCUT2D eigenvalue weighted by atomic mass is 9.78. The standard InChI is InChI=1S/C13H23N3O2S/c1-13(2)6-4-7-14-12(13)9-15-19(17,18)11-5-8-16(3)10-11/h5,8,10,12,14-15H,4,6-7,9H2,1-3H3. The average molecular weight is 285 g/mol. The SMILES string of the molecule is Cn1ccc(S(=O)(=O)NCC2NCCCC2(C)C)c1. The molecule has 1 unspecified atom stereocenters. The lowest BCUT2D eigenvalue weighted by molar-refractivity contribution is 0.181. The van der Waals surface area contributed by atoms with E-state index in [4.69, 9.17) is 0 Å². The molecule has 2 rings (SSSR count). The molecule has 1 aliphatic rings. The van der Waals surface area contributed by atoms with Gasteiger partial charge in [0.25, 0.3) is 0 Å². The molecule has 19 heavy (non-hydrogen) atoms. The van der Waals surface area contributed by atoms with Gasteiger partial charge in [0.2, 0.25) is 10.0 Å². The fourth-order valence-corrected chi connectivity index (χ4v) is 3.63. The lowest BCUT2D eigenvalue weighted by Crippen LogP contribution is -2.52. The maximum atomic E-state index is 12.1. The van der Waals surface area contributed by atoms with Crippen LogP contribution in [0.2, 0.25) is 0 Å². The van der Waals surface area contributed by atoms with Crippen molar-refractivity contribution < 1.29 is 8.42 Å². The molecule has 0 radical (unpaired) electrons. The highest BCUT2D eigenvalue weighted by Crippen LogP contribution is 2.29. The van der Waals surface area contributed by atoms with Crippen molar-refractivity contribution in [2.45, 2.75) is 37.6 Å². The van der Waals surface area contributed by atoms with Gasteiger partial charge in [0, 0.05) is 32.0 Å². The van der Waals surface area contributed by atoms with Crippen LogP contribution in [0.15, 0.2) is 23.4 Å². The third-order valence-electron chi connectivity index (χ3n) is 3.92. The summed E-state index contributed by atoms with van der Waals surface area (Å²) in [4.78, 5) is 0.323. The Bertz CT molecular complexity index is 534. The van der Waals surface area contributed by atoms with E-state index in [1.54, 1.807) is 23.0 Å². The maximum absolute atomic E-state index is 12.1. The number of sulfonamides is 1. The molecule has 0 saturated carbocycles. The third-order valence-corrected chi connectivity index (χ3v) is 5.33. The van der Waals surface area contributed by atoms with Crippen LogP contribution >= 0.6 is 0 Å². The van der Waals surface area contributed by atoms with Crippen LogP contribution < -0.4 is 10.0 Å². The minimum Gasteiger partial charge on any atom is -0.356 e. The Labute approximate surface area is 115 Å². The third kappa shape index (κ3) is 3.38. The van der Waals surface area contributed by atoms with E-state index in [1.807, 2.05) is 7.05 Å². The van der Waals surface area contributed by atoms with Crippen molar-refractivity contribution in [3.05, 3.63) is 18.5 Å². The quantitative estimate of drug-likeness (QED) is 0.870. The fourth-order valence-electron chi connectivity index (χ4n) is 2.53. The zero-order chi connectivity index (χ0) is 14.1. The van der Waals surface area contributed by atoms with Gasteiger partial charge in [-0.2, -0.15) is 0 Å². The summed E-state index contributed by atoms with van der Waals surface area (Å²) in [6, 6.07) is 1.79. The van der Waals surface area contributed by atoms with Crippen LogP contribution in [0.1, 0.15) is 26.7 Å². The molecule has 1 saturated heterocycles. The van der Waals surface area contributed by atoms with Crippen molar-refractivity contribution in [1.82, 2.24) is 14.6 Å². The van der Waals surface area contributed by atoms with Gasteiger partial charge in [-0.15, -0.1) is 0 Å². The number of nitrogens with one attached hydrogen (secondary N) is 2. The predicted octanol–water partition coefficient (Wildman–Crippen LogP) is 1.08. The molecule has 1 aliphatic heterocycles. The van der Waals surface area contributed by atoms with E-state index in [9.17, 15) is 8.42 Å². The molecule has 0 bridgehead atoms. The van der Waals surface area contributed by atoms with Crippen molar-refractivity contribution in [2.24, 2.45) is 12.5 Å². The number of aryl methyl sites for hydroxylation is 1. The summed E-state index contributed by atoms with van der Waals surface area (Å²) in [6.45, 7) is 5.76. The number of aromatic nitrogens is 1. The van der Waals surface area contributed by atoms with E-state index in [0.29, 0.717) is 11.4 Å². The topological polar surface area (TPSA) is 63.1 Å². The molecule has 0 aliphatic carbocycles. The minimum absolute atomic E-state index is 0.122. The van der Waals surface area contributed by atoms with Crippen molar-refractivity contribution >= 4 is 10.0 Å². The number of hydrogen-bond donors (Lipinski definition) is 2. The Morgan fingerprint density at radius 3 is 2.84 bits per heavy atom. The van der Waals surface area contributed by atoms with Gasteiger partial charge in [-0.3, -0.25) is 0 Å². The van der Waals surface area contributed by atoms with Crippen molar-refractivity contribution in [2.75, 3.05) is 13.1 Å². The molecule has 1 aromatic rings. The largest absolute Gasteiger partial charge is 0.356 e. The summed E-state index contributed by atoms with van der Waals surface area (Å²) < 4.78 is 28.7. The van der Waals surface area contributed by atoms with Crippen LogP contribution in [-0.4, -0.2) is 32.1 Å². The highest BCUT2D eigenvalue weighted by atomic mass is 32.2.